The van der Waals surface area contributed by atoms with E-state index in [1.165, 1.54) is 0 Å². The maximum absolute atomic E-state index is 9.09. The third-order valence-electron chi connectivity index (χ3n) is 2.72. The van der Waals surface area contributed by atoms with Crippen LogP contribution in [-0.2, 0) is 5.41 Å². The number of anilines is 1. The van der Waals surface area contributed by atoms with Crippen molar-refractivity contribution in [3.05, 3.63) is 11.4 Å². The van der Waals surface area contributed by atoms with Gasteiger partial charge in [0.15, 0.2) is 0 Å². The molecule has 0 fully saturated rings. The predicted molar refractivity (Wildman–Crippen MR) is 80.3 cm³/mol. The topological polar surface area (TPSA) is 84.1 Å². The van der Waals surface area contributed by atoms with Crippen LogP contribution in [0.1, 0.15) is 39.1 Å². The van der Waals surface area contributed by atoms with Crippen molar-refractivity contribution in [1.82, 2.24) is 9.97 Å². The lowest BCUT2D eigenvalue weighted by atomic mass is 9.95. The van der Waals surface area contributed by atoms with Crippen molar-refractivity contribution in [1.29, 1.82) is 0 Å². The number of rotatable bonds is 5. The van der Waals surface area contributed by atoms with E-state index in [2.05, 4.69) is 36.2 Å². The average molecular weight is 284 g/mol. The third-order valence-corrected chi connectivity index (χ3v) is 4.13. The van der Waals surface area contributed by atoms with Gasteiger partial charge in [0.2, 0.25) is 0 Å². The normalized spacial score (nSPS) is 13.4. The van der Waals surface area contributed by atoms with E-state index in [-0.39, 0.29) is 17.9 Å². The summed E-state index contributed by atoms with van der Waals surface area (Å²) in [5.74, 6) is 8.02. The molecule has 1 aromatic rings. The molecule has 0 saturated heterocycles. The van der Waals surface area contributed by atoms with Crippen molar-refractivity contribution in [2.75, 3.05) is 17.8 Å². The second kappa shape index (κ2) is 6.54. The molecule has 0 amide bonds. The fourth-order valence-electron chi connectivity index (χ4n) is 1.39. The summed E-state index contributed by atoms with van der Waals surface area (Å²) in [6.45, 7) is 10.4. The molecule has 0 bridgehead atoms. The van der Waals surface area contributed by atoms with Crippen LogP contribution >= 0.6 is 11.8 Å². The van der Waals surface area contributed by atoms with Crippen LogP contribution in [0.5, 0.6) is 0 Å². The number of aliphatic hydroxyl groups is 1. The zero-order valence-electron chi connectivity index (χ0n) is 12.3. The van der Waals surface area contributed by atoms with Gasteiger partial charge < -0.3 is 10.5 Å². The SMILES string of the molecule is Cc1c(NN)nc(C(C)(C)C)nc1SCC(C)CO. The van der Waals surface area contributed by atoms with E-state index in [0.717, 1.165) is 22.2 Å². The van der Waals surface area contributed by atoms with Crippen LogP contribution in [-0.4, -0.2) is 27.4 Å². The quantitative estimate of drug-likeness (QED) is 0.332. The number of hydrogen-bond donors (Lipinski definition) is 3. The first-order chi connectivity index (χ1) is 8.79. The summed E-state index contributed by atoms with van der Waals surface area (Å²) in [5, 5.41) is 10.0. The van der Waals surface area contributed by atoms with Crippen molar-refractivity contribution in [3.63, 3.8) is 0 Å². The number of hydrazine groups is 1. The van der Waals surface area contributed by atoms with Gasteiger partial charge in [0.25, 0.3) is 0 Å². The second-order valence-corrected chi connectivity index (χ2v) is 6.83. The smallest absolute Gasteiger partial charge is 0.147 e. The molecule has 0 aliphatic heterocycles. The van der Waals surface area contributed by atoms with Gasteiger partial charge in [-0.3, -0.25) is 0 Å². The van der Waals surface area contributed by atoms with E-state index in [1.807, 2.05) is 13.8 Å². The first-order valence-corrected chi connectivity index (χ1v) is 7.37. The van der Waals surface area contributed by atoms with Crippen molar-refractivity contribution in [2.45, 2.75) is 45.1 Å². The Kier molecular flexibility index (Phi) is 5.58. The summed E-state index contributed by atoms with van der Waals surface area (Å²) in [4.78, 5) is 9.09. The highest BCUT2D eigenvalue weighted by atomic mass is 32.2. The Balaban J connectivity index is 3.08. The molecular formula is C13H24N4OS. The highest BCUT2D eigenvalue weighted by Crippen LogP contribution is 2.29. The second-order valence-electron chi connectivity index (χ2n) is 5.82. The minimum absolute atomic E-state index is 0.128. The molecule has 1 heterocycles. The summed E-state index contributed by atoms with van der Waals surface area (Å²) in [6.07, 6.45) is 0. The van der Waals surface area contributed by atoms with Gasteiger partial charge in [0.05, 0.1) is 0 Å². The molecule has 0 aliphatic carbocycles. The Hall–Kier alpha value is -0.850. The van der Waals surface area contributed by atoms with E-state index < -0.39 is 0 Å². The van der Waals surface area contributed by atoms with Crippen LogP contribution in [0.25, 0.3) is 0 Å². The first-order valence-electron chi connectivity index (χ1n) is 6.39. The lowest BCUT2D eigenvalue weighted by molar-refractivity contribution is 0.250. The van der Waals surface area contributed by atoms with Crippen molar-refractivity contribution >= 4 is 17.6 Å². The molecule has 0 aromatic carbocycles. The molecule has 1 rings (SSSR count). The van der Waals surface area contributed by atoms with E-state index in [9.17, 15) is 0 Å². The molecule has 19 heavy (non-hydrogen) atoms. The molecule has 1 unspecified atom stereocenters. The van der Waals surface area contributed by atoms with E-state index >= 15 is 0 Å². The van der Waals surface area contributed by atoms with Gasteiger partial charge in [0, 0.05) is 23.3 Å². The predicted octanol–water partition coefficient (Wildman–Crippen LogP) is 2.09. The summed E-state index contributed by atoms with van der Waals surface area (Å²) < 4.78 is 0. The maximum atomic E-state index is 9.09. The zero-order valence-corrected chi connectivity index (χ0v) is 13.1. The van der Waals surface area contributed by atoms with Gasteiger partial charge in [-0.05, 0) is 12.8 Å². The van der Waals surface area contributed by atoms with Gasteiger partial charge in [-0.15, -0.1) is 11.8 Å². The van der Waals surface area contributed by atoms with Gasteiger partial charge in [-0.2, -0.15) is 0 Å². The highest BCUT2D eigenvalue weighted by Gasteiger charge is 2.21. The molecule has 0 spiro atoms. The van der Waals surface area contributed by atoms with Crippen LogP contribution in [0.2, 0.25) is 0 Å². The summed E-state index contributed by atoms with van der Waals surface area (Å²) in [6, 6.07) is 0. The summed E-state index contributed by atoms with van der Waals surface area (Å²) >= 11 is 1.63. The number of hydrogen-bond acceptors (Lipinski definition) is 6. The fraction of sp³-hybridized carbons (Fsp3) is 0.692. The number of nitrogen functional groups attached to an aromatic ring is 1. The monoisotopic (exact) mass is 284 g/mol. The van der Waals surface area contributed by atoms with Crippen LogP contribution in [0.15, 0.2) is 5.03 Å². The maximum Gasteiger partial charge on any atom is 0.147 e. The lowest BCUT2D eigenvalue weighted by Gasteiger charge is -2.20. The Labute approximate surface area is 119 Å². The van der Waals surface area contributed by atoms with Crippen molar-refractivity contribution in [2.24, 2.45) is 11.8 Å². The minimum Gasteiger partial charge on any atom is -0.396 e. The first kappa shape index (κ1) is 16.2. The van der Waals surface area contributed by atoms with Crippen LogP contribution in [0.3, 0.4) is 0 Å². The van der Waals surface area contributed by atoms with Crippen molar-refractivity contribution < 1.29 is 5.11 Å². The van der Waals surface area contributed by atoms with E-state index in [4.69, 9.17) is 10.9 Å². The molecule has 0 radical (unpaired) electrons. The van der Waals surface area contributed by atoms with Gasteiger partial charge in [0.1, 0.15) is 16.7 Å². The van der Waals surface area contributed by atoms with Gasteiger partial charge in [-0.1, -0.05) is 27.7 Å². The third kappa shape index (κ3) is 4.33. The molecular weight excluding hydrogens is 260 g/mol. The minimum atomic E-state index is -0.128. The molecule has 108 valence electrons. The number of thioether (sulfide) groups is 1. The fourth-order valence-corrected chi connectivity index (χ4v) is 2.40. The van der Waals surface area contributed by atoms with E-state index in [0.29, 0.717) is 5.82 Å². The average Bonchev–Trinajstić information content (AvgIpc) is 2.35. The lowest BCUT2D eigenvalue weighted by Crippen LogP contribution is -2.20. The molecule has 0 saturated carbocycles. The molecule has 0 aliphatic rings. The van der Waals surface area contributed by atoms with Crippen LogP contribution in [0.4, 0.5) is 5.82 Å². The van der Waals surface area contributed by atoms with Gasteiger partial charge in [-0.25, -0.2) is 15.8 Å². The Bertz CT molecular complexity index is 431. The Morgan fingerprint density at radius 2 is 2.00 bits per heavy atom. The van der Waals surface area contributed by atoms with Gasteiger partial charge >= 0.3 is 0 Å². The molecule has 4 N–H and O–H groups in total. The molecule has 1 atom stereocenters. The van der Waals surface area contributed by atoms with Crippen LogP contribution < -0.4 is 11.3 Å². The molecule has 1 aromatic heterocycles. The zero-order chi connectivity index (χ0) is 14.6. The summed E-state index contributed by atoms with van der Waals surface area (Å²) in [5.41, 5.74) is 3.46. The highest BCUT2D eigenvalue weighted by molar-refractivity contribution is 7.99. The standard InChI is InChI=1S/C13H24N4OS/c1-8(6-18)7-19-11-9(2)10(17-14)15-12(16-11)13(3,4)5/h8,18H,6-7,14H2,1-5H3,(H,15,16,17). The Morgan fingerprint density at radius 1 is 1.37 bits per heavy atom. The number of nitrogens with zero attached hydrogens (tertiary/aromatic N) is 2. The number of aromatic nitrogens is 2. The van der Waals surface area contributed by atoms with Crippen molar-refractivity contribution in [3.8, 4) is 0 Å². The number of nitrogens with one attached hydrogen (secondary N) is 1. The number of nitrogens with two attached hydrogens (primary N) is 1. The largest absolute Gasteiger partial charge is 0.396 e. The molecule has 5 nitrogen and oxygen atoms in total. The molecule has 6 heteroatoms. The van der Waals surface area contributed by atoms with E-state index in [1.54, 1.807) is 11.8 Å². The Morgan fingerprint density at radius 3 is 2.47 bits per heavy atom. The summed E-state index contributed by atoms with van der Waals surface area (Å²) in [7, 11) is 0. The number of aliphatic hydroxyl groups excluding tert-OH is 1. The van der Waals surface area contributed by atoms with Crippen LogP contribution in [0, 0.1) is 12.8 Å².